The SMILES string of the molecule is C=C/C(=C(\N=C/C)[C@H](C)OC)c1c2c3cc(ccc3n1CC)-c1csc(n1)[C@@H](OCC)[C@H](NC(=O)[C@@H]1[C@H]3CCN(C)C(=O)[C@H]31)C(=O)N1CCC[C@H](N1)C(=O)OCC(C)(C)C2. The maximum atomic E-state index is 14.7. The van der Waals surface area contributed by atoms with Crippen LogP contribution in [0.15, 0.2) is 46.9 Å². The standard InChI is InChI=1S/C45H59N7O7S/c1-10-27(36(46-11-2)25(5)57-9)38-30-22-45(6,7)24-59-44(56)31-15-14-19-52(49-31)43(55)37(48-40(53)34-28-18-20-50(8)42(54)35(28)34)39(58-13-4)41-47-32(23-60-41)26-16-17-33(29(30)21-26)51(38)12-3/h10-11,16-17,21,23,25,28,31,34-35,37,39,49H,1,12-15,18-20,22,24H2,2-9H3,(H,48,53)/b36-27+,46-11-/t25-,28+,31-,34+,35+,37-,39-/m0/s1. The van der Waals surface area contributed by atoms with Crippen LogP contribution in [0.2, 0.25) is 0 Å². The molecule has 7 rings (SSSR count). The Kier molecular flexibility index (Phi) is 12.8. The van der Waals surface area contributed by atoms with Gasteiger partial charge in [-0.05, 0) is 77.0 Å². The number of fused-ring (bicyclic) bond motifs is 7. The molecular weight excluding hydrogens is 783 g/mol. The van der Waals surface area contributed by atoms with E-state index in [0.29, 0.717) is 49.6 Å². The predicted molar refractivity (Wildman–Crippen MR) is 232 cm³/mol. The molecule has 7 atom stereocenters. The lowest BCUT2D eigenvalue weighted by Crippen LogP contribution is -2.61. The highest BCUT2D eigenvalue weighted by Gasteiger charge is 2.61. The summed E-state index contributed by atoms with van der Waals surface area (Å²) in [5, 5.41) is 7.93. The number of piperidine rings is 1. The zero-order valence-corrected chi connectivity index (χ0v) is 36.9. The Morgan fingerprint density at radius 1 is 1.20 bits per heavy atom. The normalized spacial score (nSPS) is 26.6. The summed E-state index contributed by atoms with van der Waals surface area (Å²) in [6.45, 7) is 18.2. The van der Waals surface area contributed by atoms with Crippen LogP contribution in [-0.4, -0.2) is 108 Å². The number of likely N-dealkylation sites (tertiary alicyclic amines) is 1. The number of cyclic esters (lactones) is 1. The largest absolute Gasteiger partial charge is 0.464 e. The minimum atomic E-state index is -1.19. The first-order valence-corrected chi connectivity index (χ1v) is 22.1. The molecule has 0 radical (unpaired) electrons. The number of benzene rings is 1. The summed E-state index contributed by atoms with van der Waals surface area (Å²) >= 11 is 1.36. The number of ether oxygens (including phenoxy) is 3. The molecule has 1 aliphatic carbocycles. The summed E-state index contributed by atoms with van der Waals surface area (Å²) in [5.74, 6) is -2.32. The Hall–Kier alpha value is -4.70. The van der Waals surface area contributed by atoms with E-state index in [9.17, 15) is 19.2 Å². The summed E-state index contributed by atoms with van der Waals surface area (Å²) in [4.78, 5) is 67.2. The van der Waals surface area contributed by atoms with Gasteiger partial charge in [0.05, 0.1) is 41.6 Å². The third-order valence-electron chi connectivity index (χ3n) is 12.4. The van der Waals surface area contributed by atoms with Crippen LogP contribution in [0, 0.1) is 23.2 Å². The van der Waals surface area contributed by atoms with Gasteiger partial charge in [0.1, 0.15) is 23.2 Å². The lowest BCUT2D eigenvalue weighted by atomic mass is 9.84. The molecule has 3 aliphatic heterocycles. The Bertz CT molecular complexity index is 2220. The maximum Gasteiger partial charge on any atom is 0.324 e. The van der Waals surface area contributed by atoms with Crippen molar-refractivity contribution in [3.63, 3.8) is 0 Å². The van der Waals surface area contributed by atoms with E-state index in [1.807, 2.05) is 38.3 Å². The van der Waals surface area contributed by atoms with E-state index in [2.05, 4.69) is 54.8 Å². The van der Waals surface area contributed by atoms with Gasteiger partial charge in [0.15, 0.2) is 0 Å². The molecule has 14 nitrogen and oxygen atoms in total. The van der Waals surface area contributed by atoms with Crippen LogP contribution in [-0.2, 0) is 46.4 Å². The molecule has 6 bridgehead atoms. The Balaban J connectivity index is 1.38. The van der Waals surface area contributed by atoms with Crippen LogP contribution in [0.5, 0.6) is 0 Å². The number of hydrogen-bond donors (Lipinski definition) is 2. The predicted octanol–water partition coefficient (Wildman–Crippen LogP) is 5.72. The monoisotopic (exact) mass is 841 g/mol. The fraction of sp³-hybridized carbons (Fsp3) is 0.556. The zero-order chi connectivity index (χ0) is 43.0. The number of methoxy groups -OCH3 is 1. The minimum absolute atomic E-state index is 0.0479. The molecule has 3 aromatic rings. The maximum absolute atomic E-state index is 14.7. The third-order valence-corrected chi connectivity index (χ3v) is 13.3. The smallest absolute Gasteiger partial charge is 0.324 e. The Labute approximate surface area is 356 Å². The number of allylic oxidation sites excluding steroid dienone is 2. The fourth-order valence-electron chi connectivity index (χ4n) is 9.24. The number of hydrazine groups is 1. The second-order valence-corrected chi connectivity index (χ2v) is 17.9. The molecule has 2 saturated heterocycles. The number of aromatic nitrogens is 2. The molecule has 0 unspecified atom stereocenters. The summed E-state index contributed by atoms with van der Waals surface area (Å²) in [5.41, 5.74) is 8.83. The van der Waals surface area contributed by atoms with Gasteiger partial charge in [0.2, 0.25) is 11.8 Å². The number of amides is 3. The van der Waals surface area contributed by atoms with Crippen molar-refractivity contribution < 1.29 is 33.4 Å². The van der Waals surface area contributed by atoms with Crippen molar-refractivity contribution in [3.05, 3.63) is 58.2 Å². The molecule has 3 fully saturated rings. The van der Waals surface area contributed by atoms with E-state index in [-0.39, 0.29) is 37.0 Å². The van der Waals surface area contributed by atoms with E-state index < -0.39 is 47.3 Å². The van der Waals surface area contributed by atoms with Crippen molar-refractivity contribution in [3.8, 4) is 11.3 Å². The van der Waals surface area contributed by atoms with Crippen LogP contribution in [0.3, 0.4) is 0 Å². The van der Waals surface area contributed by atoms with Crippen molar-refractivity contribution in [1.82, 2.24) is 30.2 Å². The van der Waals surface area contributed by atoms with Crippen molar-refractivity contribution in [2.75, 3.05) is 40.5 Å². The van der Waals surface area contributed by atoms with Crippen LogP contribution in [0.4, 0.5) is 0 Å². The van der Waals surface area contributed by atoms with Gasteiger partial charge in [-0.25, -0.2) is 10.4 Å². The highest BCUT2D eigenvalue weighted by atomic mass is 32.1. The molecular formula is C45H59N7O7S. The van der Waals surface area contributed by atoms with Gasteiger partial charge in [0.25, 0.3) is 5.91 Å². The number of carbonyl (C=O) groups excluding carboxylic acids is 4. The molecule has 15 heteroatoms. The van der Waals surface area contributed by atoms with Gasteiger partial charge in [-0.1, -0.05) is 32.6 Å². The average Bonchev–Trinajstić information content (AvgIpc) is 3.65. The lowest BCUT2D eigenvalue weighted by Gasteiger charge is -2.37. The van der Waals surface area contributed by atoms with Gasteiger partial charge in [-0.2, -0.15) is 0 Å². The first-order valence-electron chi connectivity index (χ1n) is 21.2. The van der Waals surface area contributed by atoms with Gasteiger partial charge < -0.3 is 29.0 Å². The number of hydrogen-bond acceptors (Lipinski definition) is 11. The summed E-state index contributed by atoms with van der Waals surface area (Å²) < 4.78 is 20.5. The van der Waals surface area contributed by atoms with E-state index >= 15 is 0 Å². The van der Waals surface area contributed by atoms with Gasteiger partial charge in [-0.15, -0.1) is 11.3 Å². The van der Waals surface area contributed by atoms with Crippen molar-refractivity contribution in [2.45, 2.75) is 98.1 Å². The van der Waals surface area contributed by atoms with Crippen LogP contribution < -0.4 is 10.7 Å². The number of thiazole rings is 1. The molecule has 5 heterocycles. The first kappa shape index (κ1) is 43.4. The van der Waals surface area contributed by atoms with Crippen LogP contribution in [0.25, 0.3) is 27.7 Å². The highest BCUT2D eigenvalue weighted by Crippen LogP contribution is 2.52. The zero-order valence-electron chi connectivity index (χ0n) is 36.1. The molecule has 2 aromatic heterocycles. The third kappa shape index (κ3) is 8.20. The van der Waals surface area contributed by atoms with E-state index in [0.717, 1.165) is 45.4 Å². The number of nitrogens with zero attached hydrogens (tertiary/aromatic N) is 5. The molecule has 4 aliphatic rings. The highest BCUT2D eigenvalue weighted by molar-refractivity contribution is 7.10. The lowest BCUT2D eigenvalue weighted by molar-refractivity contribution is -0.156. The summed E-state index contributed by atoms with van der Waals surface area (Å²) in [7, 11) is 3.42. The van der Waals surface area contributed by atoms with Crippen LogP contribution >= 0.6 is 11.3 Å². The summed E-state index contributed by atoms with van der Waals surface area (Å²) in [6, 6.07) is 4.32. The number of nitrogens with one attached hydrogen (secondary N) is 2. The van der Waals surface area contributed by atoms with Gasteiger partial charge >= 0.3 is 5.97 Å². The van der Waals surface area contributed by atoms with Crippen molar-refractivity contribution in [2.24, 2.45) is 28.2 Å². The Morgan fingerprint density at radius 2 is 1.98 bits per heavy atom. The second kappa shape index (κ2) is 17.7. The first-order chi connectivity index (χ1) is 28.8. The minimum Gasteiger partial charge on any atom is -0.464 e. The van der Waals surface area contributed by atoms with Gasteiger partial charge in [-0.3, -0.25) is 29.2 Å². The van der Waals surface area contributed by atoms with Crippen molar-refractivity contribution in [1.29, 1.82) is 0 Å². The molecule has 3 amide bonds. The molecule has 322 valence electrons. The van der Waals surface area contributed by atoms with Gasteiger partial charge in [0, 0.05) is 79.4 Å². The molecule has 2 N–H and O–H groups in total. The summed E-state index contributed by atoms with van der Waals surface area (Å²) in [6.07, 6.45) is 4.62. The fourth-order valence-corrected chi connectivity index (χ4v) is 10.1. The number of carbonyl (C=O) groups is 4. The number of aliphatic imine (C=N–C) groups is 1. The van der Waals surface area contributed by atoms with Crippen LogP contribution in [0.1, 0.15) is 83.2 Å². The average molecular weight is 842 g/mol. The quantitative estimate of drug-likeness (QED) is 0.148. The molecule has 1 saturated carbocycles. The van der Waals surface area contributed by atoms with E-state index in [4.69, 9.17) is 24.2 Å². The van der Waals surface area contributed by atoms with E-state index in [1.54, 1.807) is 25.3 Å². The topological polar surface area (TPSA) is 157 Å². The second-order valence-electron chi connectivity index (χ2n) is 17.0. The number of aryl methyl sites for hydroxylation is 1. The molecule has 60 heavy (non-hydrogen) atoms. The number of rotatable bonds is 10. The Morgan fingerprint density at radius 3 is 2.68 bits per heavy atom. The molecule has 0 spiro atoms. The van der Waals surface area contributed by atoms with Crippen molar-refractivity contribution >= 4 is 57.7 Å². The number of esters is 1. The van der Waals surface area contributed by atoms with E-state index in [1.165, 1.54) is 16.3 Å². The molecule has 1 aromatic carbocycles.